The van der Waals surface area contributed by atoms with Crippen molar-refractivity contribution in [2.75, 3.05) is 6.61 Å². The lowest BCUT2D eigenvalue weighted by molar-refractivity contribution is -0.137. The van der Waals surface area contributed by atoms with Crippen molar-refractivity contribution in [1.82, 2.24) is 5.32 Å². The van der Waals surface area contributed by atoms with Crippen LogP contribution in [-0.2, 0) is 16.0 Å². The number of hydrogen-bond acceptors (Lipinski definition) is 5. The molecule has 0 bridgehead atoms. The molecule has 6 nitrogen and oxygen atoms in total. The second-order valence-corrected chi connectivity index (χ2v) is 6.95. The first kappa shape index (κ1) is 17.3. The summed E-state index contributed by atoms with van der Waals surface area (Å²) in [5.74, 6) is -0.368. The third-order valence-electron chi connectivity index (χ3n) is 3.87. The Kier molecular flexibility index (Phi) is 5.23. The van der Waals surface area contributed by atoms with Gasteiger partial charge < -0.3 is 9.84 Å². The maximum absolute atomic E-state index is 11.7. The van der Waals surface area contributed by atoms with Gasteiger partial charge in [0, 0.05) is 6.42 Å². The molecule has 2 aromatic rings. The van der Waals surface area contributed by atoms with Crippen LogP contribution >= 0.6 is 11.8 Å². The molecule has 1 aliphatic heterocycles. The number of carboxylic acids is 1. The molecule has 2 amide bonds. The van der Waals surface area contributed by atoms with Gasteiger partial charge in [-0.05, 0) is 41.3 Å². The molecule has 0 radical (unpaired) electrons. The maximum Gasteiger partial charge on any atom is 0.303 e. The van der Waals surface area contributed by atoms with E-state index >= 15 is 0 Å². The zero-order valence-electron chi connectivity index (χ0n) is 13.4. The van der Waals surface area contributed by atoms with Gasteiger partial charge in [-0.1, -0.05) is 36.0 Å². The van der Waals surface area contributed by atoms with E-state index in [4.69, 9.17) is 9.84 Å². The van der Waals surface area contributed by atoms with Crippen molar-refractivity contribution in [1.29, 1.82) is 0 Å². The van der Waals surface area contributed by atoms with Crippen LogP contribution in [-0.4, -0.2) is 34.1 Å². The third kappa shape index (κ3) is 4.51. The van der Waals surface area contributed by atoms with E-state index in [1.165, 1.54) is 0 Å². The summed E-state index contributed by atoms with van der Waals surface area (Å²) in [6.45, 7) is 0.359. The van der Waals surface area contributed by atoms with Gasteiger partial charge in [0.25, 0.3) is 5.24 Å². The van der Waals surface area contributed by atoms with Gasteiger partial charge >= 0.3 is 5.97 Å². The second kappa shape index (κ2) is 7.57. The molecule has 7 heteroatoms. The Labute approximate surface area is 148 Å². The molecule has 1 heterocycles. The van der Waals surface area contributed by atoms with Crippen molar-refractivity contribution < 1.29 is 24.2 Å². The highest BCUT2D eigenvalue weighted by atomic mass is 32.2. The number of ether oxygens (including phenoxy) is 1. The zero-order chi connectivity index (χ0) is 17.8. The molecule has 1 saturated heterocycles. The van der Waals surface area contributed by atoms with Crippen LogP contribution in [0.3, 0.4) is 0 Å². The fourth-order valence-corrected chi connectivity index (χ4v) is 3.50. The molecule has 0 aromatic heterocycles. The van der Waals surface area contributed by atoms with Crippen molar-refractivity contribution in [3.63, 3.8) is 0 Å². The minimum atomic E-state index is -0.828. The van der Waals surface area contributed by atoms with Crippen molar-refractivity contribution in [2.24, 2.45) is 0 Å². The van der Waals surface area contributed by atoms with Crippen LogP contribution in [0.25, 0.3) is 10.8 Å². The molecular weight excluding hydrogens is 342 g/mol. The molecule has 2 N–H and O–H groups in total. The van der Waals surface area contributed by atoms with Crippen molar-refractivity contribution in [2.45, 2.75) is 24.5 Å². The number of aliphatic carboxylic acids is 1. The molecule has 0 spiro atoms. The SMILES string of the molecule is O=C(O)CCCOc1ccc2cc(CC3SC(=O)NC3=O)ccc2c1. The third-order valence-corrected chi connectivity index (χ3v) is 4.85. The molecule has 0 saturated carbocycles. The zero-order valence-corrected chi connectivity index (χ0v) is 14.2. The highest BCUT2D eigenvalue weighted by molar-refractivity contribution is 8.15. The van der Waals surface area contributed by atoms with Crippen molar-refractivity contribution in [3.05, 3.63) is 42.0 Å². The highest BCUT2D eigenvalue weighted by Gasteiger charge is 2.31. The summed E-state index contributed by atoms with van der Waals surface area (Å²) in [5.41, 5.74) is 0.991. The Hall–Kier alpha value is -2.54. The summed E-state index contributed by atoms with van der Waals surface area (Å²) in [4.78, 5) is 33.4. The van der Waals surface area contributed by atoms with Crippen molar-refractivity contribution in [3.8, 4) is 5.75 Å². The average Bonchev–Trinajstić information content (AvgIpc) is 2.89. The number of hydrogen-bond donors (Lipinski definition) is 2. The molecule has 0 aliphatic carbocycles. The molecule has 1 fully saturated rings. The molecule has 2 aromatic carbocycles. The predicted octanol–water partition coefficient (Wildman–Crippen LogP) is 2.98. The topological polar surface area (TPSA) is 92.7 Å². The summed E-state index contributed by atoms with van der Waals surface area (Å²) < 4.78 is 5.57. The largest absolute Gasteiger partial charge is 0.494 e. The van der Waals surface area contributed by atoms with Crippen molar-refractivity contribution >= 4 is 39.7 Å². The van der Waals surface area contributed by atoms with Crippen LogP contribution in [0.15, 0.2) is 36.4 Å². The average molecular weight is 359 g/mol. The normalized spacial score (nSPS) is 16.9. The van der Waals surface area contributed by atoms with Gasteiger partial charge in [0.1, 0.15) is 5.75 Å². The first-order chi connectivity index (χ1) is 12.0. The summed E-state index contributed by atoms with van der Waals surface area (Å²) in [7, 11) is 0. The smallest absolute Gasteiger partial charge is 0.303 e. The number of rotatable bonds is 7. The fraction of sp³-hybridized carbons (Fsp3) is 0.278. The van der Waals surface area contributed by atoms with Crippen LogP contribution in [0.1, 0.15) is 18.4 Å². The minimum Gasteiger partial charge on any atom is -0.494 e. The molecule has 3 rings (SSSR count). The molecule has 25 heavy (non-hydrogen) atoms. The highest BCUT2D eigenvalue weighted by Crippen LogP contribution is 2.26. The molecule has 1 unspecified atom stereocenters. The monoisotopic (exact) mass is 359 g/mol. The van der Waals surface area contributed by atoms with E-state index in [1.807, 2.05) is 36.4 Å². The Balaban J connectivity index is 1.65. The number of fused-ring (bicyclic) bond motifs is 1. The first-order valence-electron chi connectivity index (χ1n) is 7.90. The molecular formula is C18H17NO5S. The Morgan fingerprint density at radius 2 is 1.92 bits per heavy atom. The van der Waals surface area contributed by atoms with Gasteiger partial charge in [-0.15, -0.1) is 0 Å². The Morgan fingerprint density at radius 1 is 1.16 bits per heavy atom. The number of benzene rings is 2. The first-order valence-corrected chi connectivity index (χ1v) is 8.78. The number of amides is 2. The number of carbonyl (C=O) groups is 3. The quantitative estimate of drug-likeness (QED) is 0.738. The maximum atomic E-state index is 11.7. The van der Waals surface area contributed by atoms with E-state index in [0.29, 0.717) is 25.2 Å². The molecule has 1 atom stereocenters. The molecule has 1 aliphatic rings. The predicted molar refractivity (Wildman–Crippen MR) is 94.9 cm³/mol. The lowest BCUT2D eigenvalue weighted by atomic mass is 10.0. The lowest BCUT2D eigenvalue weighted by Crippen LogP contribution is -2.25. The Bertz CT molecular complexity index is 835. The summed E-state index contributed by atoms with van der Waals surface area (Å²) in [6.07, 6.45) is 1.06. The van der Waals surface area contributed by atoms with Gasteiger partial charge in [-0.2, -0.15) is 0 Å². The van der Waals surface area contributed by atoms with Crippen LogP contribution < -0.4 is 10.1 Å². The van der Waals surface area contributed by atoms with Crippen LogP contribution in [0, 0.1) is 0 Å². The molecule has 130 valence electrons. The van der Waals surface area contributed by atoms with Gasteiger partial charge in [0.05, 0.1) is 11.9 Å². The number of carbonyl (C=O) groups excluding carboxylic acids is 2. The standard InChI is InChI=1S/C18H17NO5S/c20-16(21)2-1-7-24-14-6-5-12-8-11(3-4-13(12)10-14)9-15-17(22)19-18(23)25-15/h3-6,8,10,15H,1-2,7,9H2,(H,20,21)(H,19,22,23). The van der Waals surface area contributed by atoms with Gasteiger partial charge in [-0.3, -0.25) is 19.7 Å². The Morgan fingerprint density at radius 3 is 2.64 bits per heavy atom. The number of imide groups is 1. The summed E-state index contributed by atoms with van der Waals surface area (Å²) in [6, 6.07) is 11.6. The van der Waals surface area contributed by atoms with Gasteiger partial charge in [0.2, 0.25) is 5.91 Å². The lowest BCUT2D eigenvalue weighted by Gasteiger charge is -2.09. The van der Waals surface area contributed by atoms with E-state index in [-0.39, 0.29) is 22.8 Å². The van der Waals surface area contributed by atoms with Crippen LogP contribution in [0.4, 0.5) is 4.79 Å². The fourth-order valence-electron chi connectivity index (χ4n) is 2.65. The van der Waals surface area contributed by atoms with Crippen LogP contribution in [0.2, 0.25) is 0 Å². The minimum absolute atomic E-state index is 0.0895. The summed E-state index contributed by atoms with van der Waals surface area (Å²) in [5, 5.41) is 12.3. The van der Waals surface area contributed by atoms with E-state index < -0.39 is 5.97 Å². The van der Waals surface area contributed by atoms with E-state index in [2.05, 4.69) is 5.32 Å². The van der Waals surface area contributed by atoms with E-state index in [1.54, 1.807) is 0 Å². The van der Waals surface area contributed by atoms with Gasteiger partial charge in [0.15, 0.2) is 0 Å². The second-order valence-electron chi connectivity index (χ2n) is 5.78. The van der Waals surface area contributed by atoms with E-state index in [0.717, 1.165) is 28.1 Å². The summed E-state index contributed by atoms with van der Waals surface area (Å²) >= 11 is 1.03. The number of thioether (sulfide) groups is 1. The van der Waals surface area contributed by atoms with Gasteiger partial charge in [-0.25, -0.2) is 0 Å². The van der Waals surface area contributed by atoms with Crippen LogP contribution in [0.5, 0.6) is 5.75 Å². The van der Waals surface area contributed by atoms with E-state index in [9.17, 15) is 14.4 Å². The number of carboxylic acid groups (broad SMARTS) is 1. The number of nitrogens with one attached hydrogen (secondary N) is 1.